The van der Waals surface area contributed by atoms with E-state index >= 15 is 0 Å². The average molecular weight is 256 g/mol. The minimum absolute atomic E-state index is 0.821. The molecule has 0 spiro atoms. The Labute approximate surface area is 114 Å². The van der Waals surface area contributed by atoms with Crippen molar-refractivity contribution in [1.29, 1.82) is 0 Å². The summed E-state index contributed by atoms with van der Waals surface area (Å²) in [5.74, 6) is 0. The van der Waals surface area contributed by atoms with Crippen molar-refractivity contribution in [2.45, 2.75) is 71.6 Å². The maximum atomic E-state index is 5.53. The van der Waals surface area contributed by atoms with Gasteiger partial charge in [0.25, 0.3) is 0 Å². The second-order valence-electron chi connectivity index (χ2n) is 4.76. The number of ether oxygens (including phenoxy) is 2. The van der Waals surface area contributed by atoms with Crippen molar-refractivity contribution in [2.24, 2.45) is 0 Å². The number of unbranched alkanes of at least 4 members (excludes halogenated alkanes) is 6. The number of hydrogen-bond acceptors (Lipinski definition) is 2. The zero-order valence-electron chi connectivity index (χ0n) is 12.5. The lowest BCUT2D eigenvalue weighted by Gasteiger charge is -2.02. The first-order valence-electron chi connectivity index (χ1n) is 7.76. The van der Waals surface area contributed by atoms with Crippen LogP contribution in [0.25, 0.3) is 0 Å². The molecule has 0 heterocycles. The van der Waals surface area contributed by atoms with Gasteiger partial charge in [0.2, 0.25) is 0 Å². The van der Waals surface area contributed by atoms with Crippen LogP contribution in [0.15, 0.2) is 12.3 Å². The summed E-state index contributed by atoms with van der Waals surface area (Å²) in [7, 11) is 0. The molecule has 0 aliphatic rings. The largest absolute Gasteiger partial charge is 0.502 e. The van der Waals surface area contributed by atoms with Gasteiger partial charge in [-0.05, 0) is 25.3 Å². The second kappa shape index (κ2) is 16.5. The van der Waals surface area contributed by atoms with Crippen molar-refractivity contribution in [3.63, 3.8) is 0 Å². The zero-order chi connectivity index (χ0) is 13.3. The first-order chi connectivity index (χ1) is 8.91. The summed E-state index contributed by atoms with van der Waals surface area (Å²) in [5.41, 5.74) is 0. The quantitative estimate of drug-likeness (QED) is 0.318. The third-order valence-corrected chi connectivity index (χ3v) is 2.88. The van der Waals surface area contributed by atoms with Crippen LogP contribution in [0.4, 0.5) is 0 Å². The zero-order valence-corrected chi connectivity index (χ0v) is 12.5. The Morgan fingerprint density at radius 1 is 0.722 bits per heavy atom. The first-order valence-corrected chi connectivity index (χ1v) is 7.76. The average Bonchev–Trinajstić information content (AvgIpc) is 2.39. The van der Waals surface area contributed by atoms with Crippen LogP contribution in [-0.4, -0.2) is 19.8 Å². The molecule has 108 valence electrons. The standard InChI is InChI=1S/C16H32O2/c1-3-5-7-9-13-17-15-11-12-16-18-14-10-8-6-4-2/h11,15H,3-10,12-14,16H2,1-2H3/b15-11+. The van der Waals surface area contributed by atoms with Gasteiger partial charge in [-0.3, -0.25) is 0 Å². The second-order valence-corrected chi connectivity index (χ2v) is 4.76. The van der Waals surface area contributed by atoms with Gasteiger partial charge in [0.15, 0.2) is 0 Å². The summed E-state index contributed by atoms with van der Waals surface area (Å²) in [6.45, 7) is 7.04. The molecule has 2 nitrogen and oxygen atoms in total. The monoisotopic (exact) mass is 256 g/mol. The highest BCUT2D eigenvalue weighted by Crippen LogP contribution is 2.00. The molecule has 0 aromatic rings. The molecular formula is C16H32O2. The molecule has 0 radical (unpaired) electrons. The van der Waals surface area contributed by atoms with E-state index in [2.05, 4.69) is 19.9 Å². The molecule has 2 heteroatoms. The van der Waals surface area contributed by atoms with Gasteiger partial charge in [0.05, 0.1) is 19.5 Å². The van der Waals surface area contributed by atoms with Crippen LogP contribution >= 0.6 is 0 Å². The van der Waals surface area contributed by atoms with E-state index in [-0.39, 0.29) is 0 Å². The summed E-state index contributed by atoms with van der Waals surface area (Å²) >= 11 is 0. The number of rotatable bonds is 14. The highest BCUT2D eigenvalue weighted by molar-refractivity contribution is 4.72. The van der Waals surface area contributed by atoms with Crippen molar-refractivity contribution in [3.05, 3.63) is 12.3 Å². The van der Waals surface area contributed by atoms with Gasteiger partial charge in [-0.2, -0.15) is 0 Å². The van der Waals surface area contributed by atoms with E-state index in [1.165, 1.54) is 51.4 Å². The Bertz CT molecular complexity index is 166. The van der Waals surface area contributed by atoms with E-state index in [1.54, 1.807) is 0 Å². The lowest BCUT2D eigenvalue weighted by atomic mass is 10.2. The molecule has 0 N–H and O–H groups in total. The lowest BCUT2D eigenvalue weighted by Crippen LogP contribution is -1.96. The SMILES string of the molecule is CCCCCCO/C=C/CCOCCCCCC. The molecule has 0 aliphatic carbocycles. The first kappa shape index (κ1) is 17.5. The Kier molecular flexibility index (Phi) is 16.0. The van der Waals surface area contributed by atoms with Crippen LogP contribution < -0.4 is 0 Å². The van der Waals surface area contributed by atoms with Crippen LogP contribution in [0.2, 0.25) is 0 Å². The predicted molar refractivity (Wildman–Crippen MR) is 78.8 cm³/mol. The Hall–Kier alpha value is -0.500. The van der Waals surface area contributed by atoms with Crippen LogP contribution in [0.3, 0.4) is 0 Å². The topological polar surface area (TPSA) is 18.5 Å². The van der Waals surface area contributed by atoms with Gasteiger partial charge in [-0.1, -0.05) is 52.4 Å². The van der Waals surface area contributed by atoms with E-state index in [9.17, 15) is 0 Å². The van der Waals surface area contributed by atoms with Crippen molar-refractivity contribution in [3.8, 4) is 0 Å². The van der Waals surface area contributed by atoms with E-state index < -0.39 is 0 Å². The Balaban J connectivity index is 3.00. The van der Waals surface area contributed by atoms with E-state index in [0.29, 0.717) is 0 Å². The number of hydrogen-bond donors (Lipinski definition) is 0. The summed E-state index contributed by atoms with van der Waals surface area (Å²) < 4.78 is 10.9. The fourth-order valence-electron chi connectivity index (χ4n) is 1.70. The molecular weight excluding hydrogens is 224 g/mol. The highest BCUT2D eigenvalue weighted by Gasteiger charge is 1.89. The van der Waals surface area contributed by atoms with Crippen molar-refractivity contribution >= 4 is 0 Å². The molecule has 0 aromatic carbocycles. The van der Waals surface area contributed by atoms with Gasteiger partial charge < -0.3 is 9.47 Å². The molecule has 0 saturated heterocycles. The maximum absolute atomic E-state index is 5.53. The van der Waals surface area contributed by atoms with Gasteiger partial charge in [0, 0.05) is 6.61 Å². The van der Waals surface area contributed by atoms with Crippen molar-refractivity contribution in [2.75, 3.05) is 19.8 Å². The highest BCUT2D eigenvalue weighted by atomic mass is 16.5. The minimum Gasteiger partial charge on any atom is -0.502 e. The predicted octanol–water partition coefficient (Wildman–Crippen LogP) is 5.08. The van der Waals surface area contributed by atoms with Gasteiger partial charge in [0.1, 0.15) is 0 Å². The fourth-order valence-corrected chi connectivity index (χ4v) is 1.70. The minimum atomic E-state index is 0.821. The smallest absolute Gasteiger partial charge is 0.0873 e. The summed E-state index contributed by atoms with van der Waals surface area (Å²) in [6, 6.07) is 0. The normalized spacial score (nSPS) is 11.2. The van der Waals surface area contributed by atoms with E-state index in [4.69, 9.17) is 9.47 Å². The van der Waals surface area contributed by atoms with Gasteiger partial charge in [-0.15, -0.1) is 0 Å². The molecule has 0 unspecified atom stereocenters. The Morgan fingerprint density at radius 3 is 2.06 bits per heavy atom. The van der Waals surface area contributed by atoms with E-state index in [0.717, 1.165) is 26.2 Å². The molecule has 0 atom stereocenters. The fraction of sp³-hybridized carbons (Fsp3) is 0.875. The molecule has 0 amide bonds. The van der Waals surface area contributed by atoms with Crippen LogP contribution in [0.5, 0.6) is 0 Å². The molecule has 0 rings (SSSR count). The lowest BCUT2D eigenvalue weighted by molar-refractivity contribution is 0.133. The molecule has 18 heavy (non-hydrogen) atoms. The molecule has 0 fully saturated rings. The third-order valence-electron chi connectivity index (χ3n) is 2.88. The third kappa shape index (κ3) is 15.5. The van der Waals surface area contributed by atoms with Crippen LogP contribution in [-0.2, 0) is 9.47 Å². The Morgan fingerprint density at radius 2 is 1.39 bits per heavy atom. The van der Waals surface area contributed by atoms with Crippen molar-refractivity contribution in [1.82, 2.24) is 0 Å². The summed E-state index contributed by atoms with van der Waals surface area (Å²) in [4.78, 5) is 0. The van der Waals surface area contributed by atoms with Crippen LogP contribution in [0.1, 0.15) is 71.6 Å². The molecule has 0 aromatic heterocycles. The maximum Gasteiger partial charge on any atom is 0.0873 e. The van der Waals surface area contributed by atoms with Gasteiger partial charge >= 0.3 is 0 Å². The van der Waals surface area contributed by atoms with Gasteiger partial charge in [-0.25, -0.2) is 0 Å². The molecule has 0 saturated carbocycles. The van der Waals surface area contributed by atoms with Crippen LogP contribution in [0, 0.1) is 0 Å². The molecule has 0 aliphatic heterocycles. The summed E-state index contributed by atoms with van der Waals surface area (Å²) in [6.07, 6.45) is 15.0. The molecule has 0 bridgehead atoms. The van der Waals surface area contributed by atoms with E-state index in [1.807, 2.05) is 6.26 Å². The summed E-state index contributed by atoms with van der Waals surface area (Å²) in [5, 5.41) is 0. The van der Waals surface area contributed by atoms with Crippen molar-refractivity contribution < 1.29 is 9.47 Å².